The highest BCUT2D eigenvalue weighted by Gasteiger charge is 2.27. The minimum absolute atomic E-state index is 0.135. The fourth-order valence-corrected chi connectivity index (χ4v) is 5.14. The monoisotopic (exact) mass is 364 g/mol. The molecule has 0 radical (unpaired) electrons. The number of benzene rings is 1. The van der Waals surface area contributed by atoms with Crippen LogP contribution >= 0.6 is 23.1 Å². The summed E-state index contributed by atoms with van der Waals surface area (Å²) in [6.45, 7) is 0.389. The molecule has 23 heavy (non-hydrogen) atoms. The number of fused-ring (bicyclic) bond motifs is 1. The van der Waals surface area contributed by atoms with E-state index in [4.69, 9.17) is 5.26 Å². The van der Waals surface area contributed by atoms with Gasteiger partial charge in [0.15, 0.2) is 0 Å². The number of aromatic nitrogens is 2. The standard InChI is InChI=1S/C14H12N4O2S3/c15-7-3-8-18(10-11-4-2-9-21-11)23(19,20)13-6-1-5-12-14(13)17-22-16-12/h1-2,4-6,9H,3,8,10H2. The van der Waals surface area contributed by atoms with Gasteiger partial charge in [0.2, 0.25) is 10.0 Å². The van der Waals surface area contributed by atoms with Crippen LogP contribution in [0.25, 0.3) is 11.0 Å². The second-order valence-corrected chi connectivity index (χ2v) is 8.18. The van der Waals surface area contributed by atoms with Crippen LogP contribution in [0.3, 0.4) is 0 Å². The Labute approximate surface area is 142 Å². The number of rotatable bonds is 6. The minimum Gasteiger partial charge on any atom is -0.207 e. The average molecular weight is 364 g/mol. The lowest BCUT2D eigenvalue weighted by Gasteiger charge is -2.20. The Morgan fingerprint density at radius 1 is 1.22 bits per heavy atom. The molecule has 118 valence electrons. The van der Waals surface area contributed by atoms with Gasteiger partial charge in [0.25, 0.3) is 0 Å². The first-order chi connectivity index (χ1) is 11.1. The Kier molecular flexibility index (Phi) is 4.68. The quantitative estimate of drug-likeness (QED) is 0.671. The van der Waals surface area contributed by atoms with Gasteiger partial charge in [-0.3, -0.25) is 0 Å². The third kappa shape index (κ3) is 3.25. The SMILES string of the molecule is N#CCCN(Cc1cccs1)S(=O)(=O)c1cccc2nsnc12. The van der Waals surface area contributed by atoms with E-state index in [1.807, 2.05) is 23.6 Å². The summed E-state index contributed by atoms with van der Waals surface area (Å²) in [7, 11) is -3.75. The number of nitriles is 1. The second-order valence-electron chi connectivity index (χ2n) is 4.71. The van der Waals surface area contributed by atoms with Gasteiger partial charge in [-0.1, -0.05) is 12.1 Å². The van der Waals surface area contributed by atoms with Crippen molar-refractivity contribution in [2.45, 2.75) is 17.9 Å². The maximum Gasteiger partial charge on any atom is 0.245 e. The van der Waals surface area contributed by atoms with E-state index in [-0.39, 0.29) is 24.4 Å². The van der Waals surface area contributed by atoms with E-state index in [1.165, 1.54) is 21.7 Å². The van der Waals surface area contributed by atoms with Gasteiger partial charge in [-0.25, -0.2) is 8.42 Å². The molecule has 0 saturated carbocycles. The molecule has 0 aliphatic carbocycles. The first kappa shape index (κ1) is 16.0. The average Bonchev–Trinajstić information content (AvgIpc) is 3.21. The number of thiophene rings is 1. The molecule has 0 aliphatic rings. The molecule has 0 spiro atoms. The molecule has 0 saturated heterocycles. The van der Waals surface area contributed by atoms with E-state index in [0.717, 1.165) is 16.6 Å². The third-order valence-corrected chi connectivity index (χ3v) is 6.53. The van der Waals surface area contributed by atoms with Crippen molar-refractivity contribution in [3.63, 3.8) is 0 Å². The van der Waals surface area contributed by atoms with Gasteiger partial charge in [-0.15, -0.1) is 11.3 Å². The molecule has 6 nitrogen and oxygen atoms in total. The largest absolute Gasteiger partial charge is 0.245 e. The van der Waals surface area contributed by atoms with Crippen molar-refractivity contribution in [3.05, 3.63) is 40.6 Å². The molecule has 3 aromatic rings. The zero-order chi connectivity index (χ0) is 16.3. The van der Waals surface area contributed by atoms with Gasteiger partial charge in [-0.05, 0) is 23.6 Å². The topological polar surface area (TPSA) is 87.0 Å². The fourth-order valence-electron chi connectivity index (χ4n) is 2.16. The molecule has 0 N–H and O–H groups in total. The van der Waals surface area contributed by atoms with Crippen molar-refractivity contribution in [2.24, 2.45) is 0 Å². The lowest BCUT2D eigenvalue weighted by atomic mass is 10.3. The van der Waals surface area contributed by atoms with Crippen molar-refractivity contribution in [1.29, 1.82) is 5.26 Å². The lowest BCUT2D eigenvalue weighted by Crippen LogP contribution is -2.31. The van der Waals surface area contributed by atoms with E-state index in [2.05, 4.69) is 8.75 Å². The molecule has 0 fully saturated rings. The highest BCUT2D eigenvalue weighted by atomic mass is 32.2. The van der Waals surface area contributed by atoms with Crippen LogP contribution in [0.5, 0.6) is 0 Å². The van der Waals surface area contributed by atoms with E-state index in [0.29, 0.717) is 11.0 Å². The summed E-state index contributed by atoms with van der Waals surface area (Å²) in [4.78, 5) is 1.06. The fraction of sp³-hybridized carbons (Fsp3) is 0.214. The lowest BCUT2D eigenvalue weighted by molar-refractivity contribution is 0.416. The summed E-state index contributed by atoms with van der Waals surface area (Å²) >= 11 is 2.47. The summed E-state index contributed by atoms with van der Waals surface area (Å²) in [6, 6.07) is 10.7. The maximum atomic E-state index is 13.0. The van der Waals surface area contributed by atoms with Gasteiger partial charge >= 0.3 is 0 Å². The molecule has 0 unspecified atom stereocenters. The highest BCUT2D eigenvalue weighted by Crippen LogP contribution is 2.26. The molecular formula is C14H12N4O2S3. The molecule has 3 rings (SSSR count). The summed E-state index contributed by atoms with van der Waals surface area (Å²) in [5.74, 6) is 0. The van der Waals surface area contributed by atoms with Gasteiger partial charge < -0.3 is 0 Å². The Balaban J connectivity index is 2.02. The molecular weight excluding hydrogens is 352 g/mol. The summed E-state index contributed by atoms with van der Waals surface area (Å²) in [5, 5.41) is 10.7. The first-order valence-corrected chi connectivity index (χ1v) is 9.78. The van der Waals surface area contributed by atoms with Crippen molar-refractivity contribution in [1.82, 2.24) is 13.1 Å². The highest BCUT2D eigenvalue weighted by molar-refractivity contribution is 7.89. The van der Waals surface area contributed by atoms with Crippen LogP contribution in [0, 0.1) is 11.3 Å². The Morgan fingerprint density at radius 3 is 2.83 bits per heavy atom. The smallest absolute Gasteiger partial charge is 0.207 e. The summed E-state index contributed by atoms with van der Waals surface area (Å²) in [5.41, 5.74) is 0.943. The van der Waals surface area contributed by atoms with Crippen LogP contribution in [0.4, 0.5) is 0 Å². The summed E-state index contributed by atoms with van der Waals surface area (Å²) in [6.07, 6.45) is 0.135. The Morgan fingerprint density at radius 2 is 2.09 bits per heavy atom. The van der Waals surface area contributed by atoms with E-state index in [9.17, 15) is 8.42 Å². The zero-order valence-corrected chi connectivity index (χ0v) is 14.4. The molecule has 0 atom stereocenters. The van der Waals surface area contributed by atoms with Gasteiger partial charge in [0.05, 0.1) is 17.8 Å². The van der Waals surface area contributed by atoms with Crippen LogP contribution in [-0.4, -0.2) is 28.0 Å². The number of sulfonamides is 1. The number of nitrogens with zero attached hydrogens (tertiary/aromatic N) is 4. The van der Waals surface area contributed by atoms with E-state index < -0.39 is 10.0 Å². The molecule has 2 heterocycles. The Hall–Kier alpha value is -1.86. The summed E-state index contributed by atoms with van der Waals surface area (Å²) < 4.78 is 35.6. The van der Waals surface area contributed by atoms with Crippen molar-refractivity contribution in [2.75, 3.05) is 6.54 Å². The van der Waals surface area contributed by atoms with Crippen molar-refractivity contribution < 1.29 is 8.42 Å². The van der Waals surface area contributed by atoms with E-state index >= 15 is 0 Å². The second kappa shape index (κ2) is 6.72. The first-order valence-electron chi connectivity index (χ1n) is 6.73. The molecule has 0 amide bonds. The van der Waals surface area contributed by atoms with Crippen LogP contribution in [-0.2, 0) is 16.6 Å². The van der Waals surface area contributed by atoms with Gasteiger partial charge in [-0.2, -0.15) is 18.3 Å². The maximum absolute atomic E-state index is 13.0. The van der Waals surface area contributed by atoms with Gasteiger partial charge in [0, 0.05) is 24.4 Å². The minimum atomic E-state index is -3.75. The normalized spacial score (nSPS) is 11.8. The molecule has 0 aliphatic heterocycles. The van der Waals surface area contributed by atoms with Gasteiger partial charge in [0.1, 0.15) is 15.9 Å². The van der Waals surface area contributed by atoms with Crippen LogP contribution in [0.15, 0.2) is 40.6 Å². The molecule has 0 bridgehead atoms. The predicted molar refractivity (Wildman–Crippen MR) is 89.6 cm³/mol. The van der Waals surface area contributed by atoms with Crippen molar-refractivity contribution in [3.8, 4) is 6.07 Å². The van der Waals surface area contributed by atoms with Crippen LogP contribution in [0.2, 0.25) is 0 Å². The third-order valence-electron chi connectivity index (χ3n) is 3.25. The Bertz CT molecular complexity index is 942. The molecule has 9 heteroatoms. The van der Waals surface area contributed by atoms with Crippen LogP contribution in [0.1, 0.15) is 11.3 Å². The van der Waals surface area contributed by atoms with Crippen LogP contribution < -0.4 is 0 Å². The van der Waals surface area contributed by atoms with Crippen molar-refractivity contribution >= 4 is 44.1 Å². The number of hydrogen-bond donors (Lipinski definition) is 0. The predicted octanol–water partition coefficient (Wildman–Crippen LogP) is 2.86. The zero-order valence-electron chi connectivity index (χ0n) is 11.9. The molecule has 1 aromatic carbocycles. The van der Waals surface area contributed by atoms with E-state index in [1.54, 1.807) is 12.1 Å². The number of hydrogen-bond acceptors (Lipinski definition) is 7. The molecule has 2 aromatic heterocycles.